The van der Waals surface area contributed by atoms with E-state index < -0.39 is 0 Å². The lowest BCUT2D eigenvalue weighted by molar-refractivity contribution is -0.131. The summed E-state index contributed by atoms with van der Waals surface area (Å²) in [7, 11) is 0. The Morgan fingerprint density at radius 2 is 1.56 bits per heavy atom. The summed E-state index contributed by atoms with van der Waals surface area (Å²) >= 11 is 0. The monoisotopic (exact) mass is 426 g/mol. The summed E-state index contributed by atoms with van der Waals surface area (Å²) in [5.41, 5.74) is 4.05. The minimum absolute atomic E-state index is 0.159. The van der Waals surface area contributed by atoms with Gasteiger partial charge in [0.15, 0.2) is 0 Å². The molecule has 6 nitrogen and oxygen atoms in total. The summed E-state index contributed by atoms with van der Waals surface area (Å²) in [4.78, 5) is 21.9. The molecule has 1 N–H and O–H groups in total. The molecular formula is C26H26N4O2. The zero-order chi connectivity index (χ0) is 21.9. The Hall–Kier alpha value is -3.80. The van der Waals surface area contributed by atoms with Gasteiger partial charge < -0.3 is 14.9 Å². The number of imidazole rings is 1. The molecule has 1 aliphatic rings. The predicted octanol–water partition coefficient (Wildman–Crippen LogP) is 4.01. The molecule has 5 rings (SSSR count). The van der Waals surface area contributed by atoms with Crippen LogP contribution in [0.4, 0.5) is 5.69 Å². The highest BCUT2D eigenvalue weighted by Crippen LogP contribution is 2.24. The number of rotatable bonds is 5. The Labute approximate surface area is 187 Å². The third-order valence-electron chi connectivity index (χ3n) is 6.03. The van der Waals surface area contributed by atoms with Gasteiger partial charge in [-0.25, -0.2) is 4.98 Å². The minimum Gasteiger partial charge on any atom is -0.508 e. The van der Waals surface area contributed by atoms with Crippen LogP contribution in [0.3, 0.4) is 0 Å². The van der Waals surface area contributed by atoms with Crippen LogP contribution in [-0.2, 0) is 11.2 Å². The molecular weight excluding hydrogens is 400 g/mol. The molecule has 6 heteroatoms. The lowest BCUT2D eigenvalue weighted by Crippen LogP contribution is -2.48. The third kappa shape index (κ3) is 4.04. The van der Waals surface area contributed by atoms with E-state index in [0.717, 1.165) is 41.3 Å². The highest BCUT2D eigenvalue weighted by atomic mass is 16.3. The summed E-state index contributed by atoms with van der Waals surface area (Å²) in [6, 6.07) is 25.6. The van der Waals surface area contributed by atoms with Crippen molar-refractivity contribution >= 4 is 22.6 Å². The van der Waals surface area contributed by atoms with Crippen molar-refractivity contribution in [2.75, 3.05) is 31.1 Å². The Bertz CT molecular complexity index is 1230. The van der Waals surface area contributed by atoms with E-state index in [-0.39, 0.29) is 11.7 Å². The van der Waals surface area contributed by atoms with Crippen molar-refractivity contribution in [1.29, 1.82) is 0 Å². The molecule has 0 bridgehead atoms. The quantitative estimate of drug-likeness (QED) is 0.524. The lowest BCUT2D eigenvalue weighted by atomic mass is 10.2. The summed E-state index contributed by atoms with van der Waals surface area (Å²) in [6.07, 6.45) is 1.03. The molecule has 1 aromatic heterocycles. The van der Waals surface area contributed by atoms with Crippen molar-refractivity contribution in [2.45, 2.75) is 12.8 Å². The van der Waals surface area contributed by atoms with Crippen LogP contribution in [0.2, 0.25) is 0 Å². The number of aromatic hydroxyl groups is 1. The fourth-order valence-electron chi connectivity index (χ4n) is 4.39. The first-order valence-corrected chi connectivity index (χ1v) is 11.0. The number of nitrogens with zero attached hydrogens (tertiary/aromatic N) is 4. The highest BCUT2D eigenvalue weighted by Gasteiger charge is 2.22. The van der Waals surface area contributed by atoms with Crippen molar-refractivity contribution in [2.24, 2.45) is 0 Å². The van der Waals surface area contributed by atoms with Crippen molar-refractivity contribution in [3.05, 3.63) is 84.7 Å². The molecule has 1 fully saturated rings. The van der Waals surface area contributed by atoms with Gasteiger partial charge in [0.05, 0.1) is 11.0 Å². The first kappa shape index (κ1) is 20.1. The van der Waals surface area contributed by atoms with E-state index in [2.05, 4.69) is 27.7 Å². The predicted molar refractivity (Wildman–Crippen MR) is 126 cm³/mol. The van der Waals surface area contributed by atoms with Gasteiger partial charge in [-0.3, -0.25) is 9.36 Å². The number of phenolic OH excluding ortho intramolecular Hbond substituents is 1. The molecule has 2 heterocycles. The second-order valence-corrected chi connectivity index (χ2v) is 8.08. The van der Waals surface area contributed by atoms with Gasteiger partial charge in [0.2, 0.25) is 5.91 Å². The van der Waals surface area contributed by atoms with E-state index in [9.17, 15) is 9.90 Å². The van der Waals surface area contributed by atoms with Crippen molar-refractivity contribution < 1.29 is 9.90 Å². The molecule has 0 aliphatic carbocycles. The van der Waals surface area contributed by atoms with Gasteiger partial charge in [0, 0.05) is 56.5 Å². The van der Waals surface area contributed by atoms with Crippen molar-refractivity contribution in [3.8, 4) is 11.4 Å². The van der Waals surface area contributed by atoms with E-state index in [1.54, 1.807) is 12.1 Å². The molecule has 0 saturated carbocycles. The number of benzene rings is 3. The van der Waals surface area contributed by atoms with Crippen molar-refractivity contribution in [1.82, 2.24) is 14.5 Å². The molecule has 32 heavy (non-hydrogen) atoms. The van der Waals surface area contributed by atoms with Gasteiger partial charge in [0.25, 0.3) is 0 Å². The number of carbonyl (C=O) groups excluding carboxylic acids is 1. The van der Waals surface area contributed by atoms with Gasteiger partial charge in [-0.15, -0.1) is 0 Å². The SMILES string of the molecule is O=C(CCc1nc2ccccc2n1-c1ccccc1)N1CCN(c2cccc(O)c2)CC1. The summed E-state index contributed by atoms with van der Waals surface area (Å²) < 4.78 is 2.16. The molecule has 1 amide bonds. The fourth-order valence-corrected chi connectivity index (χ4v) is 4.39. The Morgan fingerprint density at radius 3 is 2.34 bits per heavy atom. The number of fused-ring (bicyclic) bond motifs is 1. The van der Waals surface area contributed by atoms with Gasteiger partial charge in [-0.1, -0.05) is 36.4 Å². The molecule has 0 unspecified atom stereocenters. The van der Waals surface area contributed by atoms with Crippen LogP contribution >= 0.6 is 0 Å². The molecule has 0 radical (unpaired) electrons. The first-order valence-electron chi connectivity index (χ1n) is 11.0. The smallest absolute Gasteiger partial charge is 0.223 e. The number of hydrogen-bond acceptors (Lipinski definition) is 4. The minimum atomic E-state index is 0.159. The van der Waals surface area contributed by atoms with Crippen LogP contribution in [0, 0.1) is 0 Å². The maximum Gasteiger partial charge on any atom is 0.223 e. The van der Waals surface area contributed by atoms with Crippen LogP contribution in [0.5, 0.6) is 5.75 Å². The number of phenols is 1. The number of anilines is 1. The molecule has 1 aliphatic heterocycles. The van der Waals surface area contributed by atoms with E-state index in [4.69, 9.17) is 4.98 Å². The van der Waals surface area contributed by atoms with E-state index in [1.807, 2.05) is 53.4 Å². The van der Waals surface area contributed by atoms with Gasteiger partial charge in [-0.05, 0) is 36.4 Å². The third-order valence-corrected chi connectivity index (χ3v) is 6.03. The second kappa shape index (κ2) is 8.75. The Morgan fingerprint density at radius 1 is 0.844 bits per heavy atom. The zero-order valence-corrected chi connectivity index (χ0v) is 17.9. The number of piperazine rings is 1. The maximum absolute atomic E-state index is 13.0. The molecule has 0 atom stereocenters. The number of hydrogen-bond donors (Lipinski definition) is 1. The molecule has 4 aromatic rings. The lowest BCUT2D eigenvalue weighted by Gasteiger charge is -2.36. The maximum atomic E-state index is 13.0. The van der Waals surface area contributed by atoms with Crippen LogP contribution in [0.25, 0.3) is 16.7 Å². The van der Waals surface area contributed by atoms with Crippen LogP contribution in [0.1, 0.15) is 12.2 Å². The molecule has 162 valence electrons. The normalized spacial score (nSPS) is 14.1. The zero-order valence-electron chi connectivity index (χ0n) is 17.9. The highest BCUT2D eigenvalue weighted by molar-refractivity contribution is 5.79. The number of aryl methyl sites for hydroxylation is 1. The average molecular weight is 427 g/mol. The summed E-state index contributed by atoms with van der Waals surface area (Å²) in [6.45, 7) is 2.89. The van der Waals surface area contributed by atoms with E-state index in [1.165, 1.54) is 0 Å². The topological polar surface area (TPSA) is 61.6 Å². The van der Waals surface area contributed by atoms with Gasteiger partial charge >= 0.3 is 0 Å². The second-order valence-electron chi connectivity index (χ2n) is 8.08. The molecule has 1 saturated heterocycles. The first-order chi connectivity index (χ1) is 15.7. The Balaban J connectivity index is 1.27. The summed E-state index contributed by atoms with van der Waals surface area (Å²) in [5.74, 6) is 1.33. The van der Waals surface area contributed by atoms with Crippen LogP contribution in [-0.4, -0.2) is 51.6 Å². The van der Waals surface area contributed by atoms with Crippen molar-refractivity contribution in [3.63, 3.8) is 0 Å². The van der Waals surface area contributed by atoms with E-state index in [0.29, 0.717) is 25.9 Å². The summed E-state index contributed by atoms with van der Waals surface area (Å²) in [5, 5.41) is 9.72. The standard InChI is InChI=1S/C26H26N4O2/c31-22-10-6-9-21(19-22)28-15-17-29(18-16-28)26(32)14-13-25-27-23-11-4-5-12-24(23)30(25)20-7-2-1-3-8-20/h1-12,19,31H,13-18H2. The number of para-hydroxylation sites is 3. The van der Waals surface area contributed by atoms with Gasteiger partial charge in [0.1, 0.15) is 11.6 Å². The largest absolute Gasteiger partial charge is 0.508 e. The fraction of sp³-hybridized carbons (Fsp3) is 0.231. The van der Waals surface area contributed by atoms with Gasteiger partial charge in [-0.2, -0.15) is 0 Å². The van der Waals surface area contributed by atoms with E-state index >= 15 is 0 Å². The van der Waals surface area contributed by atoms with Crippen LogP contribution in [0.15, 0.2) is 78.9 Å². The number of aromatic nitrogens is 2. The molecule has 0 spiro atoms. The number of amides is 1. The Kier molecular flexibility index (Phi) is 5.50. The van der Waals surface area contributed by atoms with Crippen LogP contribution < -0.4 is 4.90 Å². The molecule has 3 aromatic carbocycles. The average Bonchev–Trinajstić information content (AvgIpc) is 3.21. The number of carbonyl (C=O) groups is 1.